The Morgan fingerprint density at radius 2 is 1.95 bits per heavy atom. The molecule has 5 heteroatoms. The second-order valence-corrected chi connectivity index (χ2v) is 5.53. The monoisotopic (exact) mass is 277 g/mol. The maximum Gasteiger partial charge on any atom is 0.309 e. The highest BCUT2D eigenvalue weighted by Gasteiger charge is 2.31. The SMILES string of the molecule is COC(=O)C1CCCCC1CNc1nc(C)cc(C)n1. The van der Waals surface area contributed by atoms with Crippen LogP contribution in [0.5, 0.6) is 0 Å². The molecular formula is C15H23N3O2. The molecule has 110 valence electrons. The van der Waals surface area contributed by atoms with Crippen LogP contribution in [0.4, 0.5) is 5.95 Å². The van der Waals surface area contributed by atoms with Crippen molar-refractivity contribution in [2.24, 2.45) is 11.8 Å². The summed E-state index contributed by atoms with van der Waals surface area (Å²) in [5.74, 6) is 0.877. The lowest BCUT2D eigenvalue weighted by Gasteiger charge is -2.29. The molecule has 0 radical (unpaired) electrons. The molecule has 20 heavy (non-hydrogen) atoms. The number of nitrogens with zero attached hydrogens (tertiary/aromatic N) is 2. The summed E-state index contributed by atoms with van der Waals surface area (Å²) in [6.07, 6.45) is 4.26. The third-order valence-electron chi connectivity index (χ3n) is 3.92. The molecule has 1 aromatic heterocycles. The molecule has 2 rings (SSSR count). The number of hydrogen-bond acceptors (Lipinski definition) is 5. The zero-order chi connectivity index (χ0) is 14.5. The number of carbonyl (C=O) groups is 1. The van der Waals surface area contributed by atoms with Crippen molar-refractivity contribution in [1.29, 1.82) is 0 Å². The summed E-state index contributed by atoms with van der Waals surface area (Å²) in [5.41, 5.74) is 1.90. The van der Waals surface area contributed by atoms with Gasteiger partial charge in [-0.05, 0) is 38.7 Å². The van der Waals surface area contributed by atoms with Gasteiger partial charge in [0.1, 0.15) is 0 Å². The summed E-state index contributed by atoms with van der Waals surface area (Å²) in [4.78, 5) is 20.6. The first kappa shape index (κ1) is 14.8. The Kier molecular flexibility index (Phi) is 4.93. The van der Waals surface area contributed by atoms with Gasteiger partial charge in [-0.15, -0.1) is 0 Å². The Balaban J connectivity index is 1.98. The van der Waals surface area contributed by atoms with Gasteiger partial charge in [0.15, 0.2) is 0 Å². The lowest BCUT2D eigenvalue weighted by atomic mass is 9.79. The summed E-state index contributed by atoms with van der Waals surface area (Å²) in [6, 6.07) is 1.95. The lowest BCUT2D eigenvalue weighted by Crippen LogP contribution is -2.33. The van der Waals surface area contributed by atoms with E-state index in [4.69, 9.17) is 4.74 Å². The Morgan fingerprint density at radius 3 is 2.60 bits per heavy atom. The average Bonchev–Trinajstić information content (AvgIpc) is 2.43. The van der Waals surface area contributed by atoms with Crippen LogP contribution in [0.1, 0.15) is 37.1 Å². The smallest absolute Gasteiger partial charge is 0.309 e. The Bertz CT molecular complexity index is 456. The normalized spacial score (nSPS) is 22.4. The van der Waals surface area contributed by atoms with E-state index in [2.05, 4.69) is 15.3 Å². The van der Waals surface area contributed by atoms with E-state index >= 15 is 0 Å². The van der Waals surface area contributed by atoms with E-state index < -0.39 is 0 Å². The third-order valence-corrected chi connectivity index (χ3v) is 3.92. The van der Waals surface area contributed by atoms with Gasteiger partial charge in [-0.2, -0.15) is 0 Å². The van der Waals surface area contributed by atoms with Crippen molar-refractivity contribution >= 4 is 11.9 Å². The van der Waals surface area contributed by atoms with E-state index in [1.54, 1.807) is 0 Å². The average molecular weight is 277 g/mol. The fourth-order valence-electron chi connectivity index (χ4n) is 2.94. The molecule has 0 aliphatic heterocycles. The minimum absolute atomic E-state index is 0.00663. The van der Waals surface area contributed by atoms with Gasteiger partial charge in [0.25, 0.3) is 0 Å². The van der Waals surface area contributed by atoms with Crippen LogP contribution in [0.3, 0.4) is 0 Å². The molecule has 0 aromatic carbocycles. The van der Waals surface area contributed by atoms with Gasteiger partial charge < -0.3 is 10.1 Å². The summed E-state index contributed by atoms with van der Waals surface area (Å²) < 4.78 is 4.91. The molecule has 1 heterocycles. The van der Waals surface area contributed by atoms with Gasteiger partial charge in [-0.25, -0.2) is 9.97 Å². The van der Waals surface area contributed by atoms with E-state index in [0.29, 0.717) is 11.9 Å². The Labute approximate surface area is 120 Å². The molecule has 0 amide bonds. The molecule has 1 aromatic rings. The first-order valence-electron chi connectivity index (χ1n) is 7.24. The summed E-state index contributed by atoms with van der Waals surface area (Å²) in [6.45, 7) is 4.64. The molecule has 1 aliphatic carbocycles. The van der Waals surface area contributed by atoms with E-state index in [0.717, 1.165) is 37.2 Å². The highest BCUT2D eigenvalue weighted by molar-refractivity contribution is 5.72. The van der Waals surface area contributed by atoms with Crippen LogP contribution in [-0.2, 0) is 9.53 Å². The Hall–Kier alpha value is -1.65. The second-order valence-electron chi connectivity index (χ2n) is 5.53. The maximum atomic E-state index is 11.8. The van der Waals surface area contributed by atoms with Crippen LogP contribution >= 0.6 is 0 Å². The van der Waals surface area contributed by atoms with Gasteiger partial charge in [-0.1, -0.05) is 12.8 Å². The van der Waals surface area contributed by atoms with Gasteiger partial charge in [0.2, 0.25) is 5.95 Å². The molecule has 1 aliphatic rings. The highest BCUT2D eigenvalue weighted by atomic mass is 16.5. The number of nitrogens with one attached hydrogen (secondary N) is 1. The van der Waals surface area contributed by atoms with E-state index in [1.165, 1.54) is 13.5 Å². The van der Waals surface area contributed by atoms with Crippen molar-refractivity contribution in [2.75, 3.05) is 19.0 Å². The van der Waals surface area contributed by atoms with Crippen molar-refractivity contribution in [1.82, 2.24) is 9.97 Å². The molecule has 1 saturated carbocycles. The van der Waals surface area contributed by atoms with Crippen molar-refractivity contribution in [3.8, 4) is 0 Å². The molecule has 1 N–H and O–H groups in total. The van der Waals surface area contributed by atoms with Gasteiger partial charge in [-0.3, -0.25) is 4.79 Å². The fourth-order valence-corrected chi connectivity index (χ4v) is 2.94. The first-order valence-corrected chi connectivity index (χ1v) is 7.24. The van der Waals surface area contributed by atoms with Crippen LogP contribution < -0.4 is 5.32 Å². The van der Waals surface area contributed by atoms with E-state index in [-0.39, 0.29) is 11.9 Å². The molecule has 2 unspecified atom stereocenters. The minimum atomic E-state index is -0.0853. The second kappa shape index (κ2) is 6.68. The van der Waals surface area contributed by atoms with Crippen molar-refractivity contribution in [2.45, 2.75) is 39.5 Å². The van der Waals surface area contributed by atoms with Crippen LogP contribution in [0, 0.1) is 25.7 Å². The highest BCUT2D eigenvalue weighted by Crippen LogP contribution is 2.31. The molecule has 0 saturated heterocycles. The van der Waals surface area contributed by atoms with Gasteiger partial charge >= 0.3 is 5.97 Å². The summed E-state index contributed by atoms with van der Waals surface area (Å²) in [7, 11) is 1.47. The van der Waals surface area contributed by atoms with Crippen molar-refractivity contribution in [3.63, 3.8) is 0 Å². The molecule has 1 fully saturated rings. The summed E-state index contributed by atoms with van der Waals surface area (Å²) >= 11 is 0. The van der Waals surface area contributed by atoms with Gasteiger partial charge in [0.05, 0.1) is 13.0 Å². The molecule has 2 atom stereocenters. The number of anilines is 1. The van der Waals surface area contributed by atoms with Crippen LogP contribution in [-0.4, -0.2) is 29.6 Å². The number of aromatic nitrogens is 2. The Morgan fingerprint density at radius 1 is 1.30 bits per heavy atom. The number of hydrogen-bond donors (Lipinski definition) is 1. The van der Waals surface area contributed by atoms with Crippen LogP contribution in [0.2, 0.25) is 0 Å². The number of methoxy groups -OCH3 is 1. The lowest BCUT2D eigenvalue weighted by molar-refractivity contribution is -0.148. The largest absolute Gasteiger partial charge is 0.469 e. The zero-order valence-electron chi connectivity index (χ0n) is 12.5. The quantitative estimate of drug-likeness (QED) is 0.857. The zero-order valence-corrected chi connectivity index (χ0v) is 12.5. The topological polar surface area (TPSA) is 64.1 Å². The molecule has 0 spiro atoms. The van der Waals surface area contributed by atoms with Crippen molar-refractivity contribution < 1.29 is 9.53 Å². The molecule has 0 bridgehead atoms. The minimum Gasteiger partial charge on any atom is -0.469 e. The number of ether oxygens (including phenoxy) is 1. The molecular weight excluding hydrogens is 254 g/mol. The van der Waals surface area contributed by atoms with Crippen LogP contribution in [0.15, 0.2) is 6.07 Å². The fraction of sp³-hybridized carbons (Fsp3) is 0.667. The number of carbonyl (C=O) groups excluding carboxylic acids is 1. The predicted molar refractivity (Wildman–Crippen MR) is 77.5 cm³/mol. The number of rotatable bonds is 4. The number of esters is 1. The first-order chi connectivity index (χ1) is 9.60. The predicted octanol–water partition coefficient (Wildman–Crippen LogP) is 2.48. The number of aryl methyl sites for hydroxylation is 2. The van der Waals surface area contributed by atoms with Gasteiger partial charge in [0, 0.05) is 17.9 Å². The van der Waals surface area contributed by atoms with E-state index in [9.17, 15) is 4.79 Å². The van der Waals surface area contributed by atoms with Crippen molar-refractivity contribution in [3.05, 3.63) is 17.5 Å². The van der Waals surface area contributed by atoms with E-state index in [1.807, 2.05) is 19.9 Å². The maximum absolute atomic E-state index is 11.8. The molecule has 5 nitrogen and oxygen atoms in total. The standard InChI is InChI=1S/C15H23N3O2/c1-10-8-11(2)18-15(17-10)16-9-12-6-4-5-7-13(12)14(19)20-3/h8,12-13H,4-7,9H2,1-3H3,(H,16,17,18). The van der Waals surface area contributed by atoms with Crippen LogP contribution in [0.25, 0.3) is 0 Å². The summed E-state index contributed by atoms with van der Waals surface area (Å²) in [5, 5.41) is 3.27. The third kappa shape index (κ3) is 3.68.